The van der Waals surface area contributed by atoms with Crippen LogP contribution in [0.1, 0.15) is 36.5 Å². The van der Waals surface area contributed by atoms with Gasteiger partial charge in [-0.1, -0.05) is 12.1 Å². The number of nitrogens with zero attached hydrogens (tertiary/aromatic N) is 1. The van der Waals surface area contributed by atoms with E-state index >= 15 is 0 Å². The Balaban J connectivity index is 2.02. The van der Waals surface area contributed by atoms with Crippen molar-refractivity contribution in [3.05, 3.63) is 79.7 Å². The Kier molecular flexibility index (Phi) is 5.21. The van der Waals surface area contributed by atoms with E-state index in [9.17, 15) is 29.9 Å². The van der Waals surface area contributed by atoms with Crippen LogP contribution in [0.3, 0.4) is 0 Å². The Labute approximate surface area is 182 Å². The number of nitro benzene ring substituents is 1. The molecule has 166 valence electrons. The summed E-state index contributed by atoms with van der Waals surface area (Å²) in [6, 6.07) is 9.81. The zero-order chi connectivity index (χ0) is 23.2. The number of non-ortho nitro benzene ring substituents is 1. The lowest BCUT2D eigenvalue weighted by Gasteiger charge is -2.42. The first-order valence-corrected chi connectivity index (χ1v) is 10.1. The van der Waals surface area contributed by atoms with Crippen molar-refractivity contribution >= 4 is 22.6 Å². The highest BCUT2D eigenvalue weighted by Gasteiger charge is 2.51. The van der Waals surface area contributed by atoms with Gasteiger partial charge < -0.3 is 19.4 Å². The molecule has 3 atom stereocenters. The highest BCUT2D eigenvalue weighted by Crippen LogP contribution is 2.47. The highest BCUT2D eigenvalue weighted by molar-refractivity contribution is 5.85. The first kappa shape index (κ1) is 21.5. The summed E-state index contributed by atoms with van der Waals surface area (Å²) in [6.45, 7) is 3.21. The summed E-state index contributed by atoms with van der Waals surface area (Å²) in [6.07, 6.45) is -0.0256. The van der Waals surface area contributed by atoms with Crippen LogP contribution < -0.4 is 5.63 Å². The number of hydrogen-bond acceptors (Lipinski definition) is 8. The molecule has 2 N–H and O–H groups in total. The zero-order valence-corrected chi connectivity index (χ0v) is 17.4. The van der Waals surface area contributed by atoms with Crippen LogP contribution in [0.25, 0.3) is 11.0 Å². The van der Waals surface area contributed by atoms with Crippen molar-refractivity contribution < 1.29 is 29.1 Å². The van der Waals surface area contributed by atoms with Gasteiger partial charge in [0.25, 0.3) is 5.69 Å². The fourth-order valence-corrected chi connectivity index (χ4v) is 4.55. The van der Waals surface area contributed by atoms with Crippen molar-refractivity contribution in [1.29, 1.82) is 0 Å². The minimum atomic E-state index is -1.59. The lowest BCUT2D eigenvalue weighted by atomic mass is 9.64. The van der Waals surface area contributed by atoms with E-state index in [-0.39, 0.29) is 35.6 Å². The molecule has 2 aromatic carbocycles. The third-order valence-electron chi connectivity index (χ3n) is 5.89. The second-order valence-corrected chi connectivity index (χ2v) is 8.05. The summed E-state index contributed by atoms with van der Waals surface area (Å²) in [5.41, 5.74) is -1.20. The van der Waals surface area contributed by atoms with E-state index in [0.29, 0.717) is 16.5 Å². The molecule has 3 aromatic rings. The van der Waals surface area contributed by atoms with Gasteiger partial charge in [-0.05, 0) is 37.1 Å². The number of aromatic hydroxyl groups is 1. The average molecular weight is 439 g/mol. The molecule has 9 heteroatoms. The van der Waals surface area contributed by atoms with Gasteiger partial charge in [0.1, 0.15) is 11.3 Å². The summed E-state index contributed by atoms with van der Waals surface area (Å²) < 4.78 is 10.7. The smallest absolute Gasteiger partial charge is 0.340 e. The lowest BCUT2D eigenvalue weighted by Crippen LogP contribution is -2.50. The summed E-state index contributed by atoms with van der Waals surface area (Å²) in [5.74, 6) is -2.87. The van der Waals surface area contributed by atoms with E-state index in [0.717, 1.165) is 0 Å². The van der Waals surface area contributed by atoms with Crippen molar-refractivity contribution in [3.8, 4) is 5.75 Å². The number of carbonyl (C=O) groups is 1. The van der Waals surface area contributed by atoms with Crippen molar-refractivity contribution in [1.82, 2.24) is 0 Å². The molecule has 0 aliphatic heterocycles. The number of esters is 1. The minimum absolute atomic E-state index is 0.0256. The van der Waals surface area contributed by atoms with Gasteiger partial charge in [-0.25, -0.2) is 4.79 Å². The van der Waals surface area contributed by atoms with E-state index in [1.807, 2.05) is 0 Å². The van der Waals surface area contributed by atoms with E-state index in [1.165, 1.54) is 43.3 Å². The van der Waals surface area contributed by atoms with Gasteiger partial charge in [0.15, 0.2) is 0 Å². The third-order valence-corrected chi connectivity index (χ3v) is 5.89. The Bertz CT molecular complexity index is 1280. The Hall–Kier alpha value is -3.72. The van der Waals surface area contributed by atoms with Crippen molar-refractivity contribution in [3.63, 3.8) is 0 Å². The number of fused-ring (bicyclic) bond motifs is 3. The molecule has 0 bridgehead atoms. The molecule has 4 rings (SSSR count). The number of rotatable bonds is 4. The zero-order valence-electron chi connectivity index (χ0n) is 17.4. The van der Waals surface area contributed by atoms with Crippen molar-refractivity contribution in [2.45, 2.75) is 31.8 Å². The summed E-state index contributed by atoms with van der Waals surface area (Å²) in [4.78, 5) is 36.6. The van der Waals surface area contributed by atoms with Gasteiger partial charge in [-0.2, -0.15) is 0 Å². The molecule has 32 heavy (non-hydrogen) atoms. The largest absolute Gasteiger partial charge is 0.508 e. The second kappa shape index (κ2) is 7.76. The molecule has 0 spiro atoms. The maximum absolute atomic E-state index is 13.1. The number of nitro groups is 1. The maximum Gasteiger partial charge on any atom is 0.340 e. The second-order valence-electron chi connectivity index (χ2n) is 8.05. The van der Waals surface area contributed by atoms with Crippen LogP contribution in [0, 0.1) is 16.0 Å². The molecule has 1 aliphatic rings. The minimum Gasteiger partial charge on any atom is -0.508 e. The predicted molar refractivity (Wildman–Crippen MR) is 114 cm³/mol. The van der Waals surface area contributed by atoms with E-state index < -0.39 is 34.0 Å². The topological polar surface area (TPSA) is 140 Å². The number of benzene rings is 2. The van der Waals surface area contributed by atoms with Crippen LogP contribution in [-0.2, 0) is 16.0 Å². The monoisotopic (exact) mass is 439 g/mol. The predicted octanol–water partition coefficient (Wildman–Crippen LogP) is 3.03. The molecule has 0 amide bonds. The molecule has 0 saturated carbocycles. The van der Waals surface area contributed by atoms with E-state index in [2.05, 4.69) is 0 Å². The van der Waals surface area contributed by atoms with Crippen LogP contribution in [-0.4, -0.2) is 33.3 Å². The van der Waals surface area contributed by atoms with E-state index in [4.69, 9.17) is 9.15 Å². The van der Waals surface area contributed by atoms with Crippen LogP contribution in [0.15, 0.2) is 51.7 Å². The first-order valence-electron chi connectivity index (χ1n) is 10.1. The molecule has 0 radical (unpaired) electrons. The van der Waals surface area contributed by atoms with Crippen molar-refractivity contribution in [2.24, 2.45) is 5.92 Å². The van der Waals surface area contributed by atoms with Gasteiger partial charge in [-0.15, -0.1) is 0 Å². The van der Waals surface area contributed by atoms with Crippen LogP contribution >= 0.6 is 0 Å². The standard InChI is InChI=1S/C23H21NO8/c1-3-31-22(27)20-18(12-4-6-13(7-5-12)24(29)30)19-16(11-23(20,2)28)15-9-8-14(25)10-17(15)32-21(19)26/h4-10,18,20,25,28H,3,11H2,1-2H3. The number of carbonyl (C=O) groups excluding carboxylic acids is 1. The first-order chi connectivity index (χ1) is 15.1. The lowest BCUT2D eigenvalue weighted by molar-refractivity contribution is -0.384. The third kappa shape index (κ3) is 3.50. The van der Waals surface area contributed by atoms with Crippen molar-refractivity contribution in [2.75, 3.05) is 6.61 Å². The average Bonchev–Trinajstić information content (AvgIpc) is 2.72. The fraction of sp³-hybridized carbons (Fsp3) is 0.304. The number of hydrogen-bond donors (Lipinski definition) is 2. The maximum atomic E-state index is 13.1. The van der Waals surface area contributed by atoms with Crippen LogP contribution in [0.4, 0.5) is 5.69 Å². The van der Waals surface area contributed by atoms with Gasteiger partial charge in [0, 0.05) is 35.9 Å². The summed E-state index contributed by atoms with van der Waals surface area (Å²) >= 11 is 0. The Morgan fingerprint density at radius 2 is 1.97 bits per heavy atom. The van der Waals surface area contributed by atoms with Gasteiger partial charge in [0.05, 0.1) is 28.6 Å². The number of ether oxygens (including phenoxy) is 1. The van der Waals surface area contributed by atoms with Crippen LogP contribution in [0.2, 0.25) is 0 Å². The summed E-state index contributed by atoms with van der Waals surface area (Å²) in [5, 5.41) is 32.7. The number of aliphatic hydroxyl groups is 1. The molecular formula is C23H21NO8. The number of phenols is 1. The normalized spacial score (nSPS) is 22.3. The summed E-state index contributed by atoms with van der Waals surface area (Å²) in [7, 11) is 0. The highest BCUT2D eigenvalue weighted by atomic mass is 16.6. The molecular weight excluding hydrogens is 418 g/mol. The quantitative estimate of drug-likeness (QED) is 0.274. The van der Waals surface area contributed by atoms with E-state index in [1.54, 1.807) is 13.0 Å². The molecule has 3 unspecified atom stereocenters. The Morgan fingerprint density at radius 1 is 1.28 bits per heavy atom. The molecule has 1 aromatic heterocycles. The Morgan fingerprint density at radius 3 is 2.59 bits per heavy atom. The number of phenolic OH excluding ortho intramolecular Hbond substituents is 1. The molecule has 9 nitrogen and oxygen atoms in total. The molecule has 1 heterocycles. The molecule has 1 aliphatic carbocycles. The molecule has 0 fully saturated rings. The van der Waals surface area contributed by atoms with Gasteiger partial charge >= 0.3 is 11.6 Å². The SMILES string of the molecule is CCOC(=O)C1C(c2ccc([N+](=O)[O-])cc2)c2c(c3ccc(O)cc3oc2=O)CC1(C)O. The van der Waals surface area contributed by atoms with Crippen LogP contribution in [0.5, 0.6) is 5.75 Å². The van der Waals surface area contributed by atoms with Gasteiger partial charge in [0.2, 0.25) is 0 Å². The van der Waals surface area contributed by atoms with Gasteiger partial charge in [-0.3, -0.25) is 14.9 Å². The molecule has 0 saturated heterocycles. The fourth-order valence-electron chi connectivity index (χ4n) is 4.55.